The molecule has 0 aliphatic carbocycles. The van der Waals surface area contributed by atoms with E-state index in [1.165, 1.54) is 0 Å². The summed E-state index contributed by atoms with van der Waals surface area (Å²) in [6.07, 6.45) is 0.345. The number of hydrogen-bond acceptors (Lipinski definition) is 4. The number of nitrogens with zero attached hydrogens (tertiary/aromatic N) is 1. The largest absolute Gasteiger partial charge is 0.438 e. The molecule has 1 aromatic carbocycles. The molecule has 0 spiro atoms. The first-order valence-electron chi connectivity index (χ1n) is 7.74. The lowest BCUT2D eigenvalue weighted by atomic mass is 9.81. The maximum atomic E-state index is 12.4. The van der Waals surface area contributed by atoms with Crippen LogP contribution < -0.4 is 3.89 Å². The molecule has 1 aliphatic rings. The summed E-state index contributed by atoms with van der Waals surface area (Å²) in [5.41, 5.74) is 0.893. The lowest BCUT2D eigenvalue weighted by molar-refractivity contribution is 0.252. The van der Waals surface area contributed by atoms with Gasteiger partial charge >= 0.3 is 10.3 Å². The smallest absolute Gasteiger partial charge is 0.286 e. The molecule has 1 aromatic rings. The van der Waals surface area contributed by atoms with Crippen molar-refractivity contribution in [3.8, 4) is 0 Å². The van der Waals surface area contributed by atoms with Crippen molar-refractivity contribution in [3.05, 3.63) is 29.8 Å². The quantitative estimate of drug-likeness (QED) is 0.446. The number of benzene rings is 1. The number of para-hydroxylation sites is 1. The van der Waals surface area contributed by atoms with Crippen molar-refractivity contribution in [2.75, 3.05) is 12.3 Å². The highest BCUT2D eigenvalue weighted by molar-refractivity contribution is 7.85. The average molecular weight is 378 g/mol. The second-order valence-corrected chi connectivity index (χ2v) is 9.99. The minimum atomic E-state index is -4.49. The van der Waals surface area contributed by atoms with Gasteiger partial charge in [-0.1, -0.05) is 18.2 Å². The maximum absolute atomic E-state index is 12.4. The molecule has 0 radical (unpaired) electrons. The SMILES string of the molecule is CC1C(C)(C)c2ccccc2[N+]1(CCCCS(=O)(=O)O)S(=O)(=O)O. The molecule has 2 unspecified atom stereocenters. The van der Waals surface area contributed by atoms with E-state index in [2.05, 4.69) is 0 Å². The second kappa shape index (κ2) is 6.06. The van der Waals surface area contributed by atoms with Gasteiger partial charge in [-0.25, -0.2) is 4.55 Å². The maximum Gasteiger partial charge on any atom is 0.438 e. The molecule has 0 bridgehead atoms. The second-order valence-electron chi connectivity index (χ2n) is 6.87. The third-order valence-electron chi connectivity index (χ3n) is 5.23. The van der Waals surface area contributed by atoms with Crippen molar-refractivity contribution in [3.63, 3.8) is 0 Å². The van der Waals surface area contributed by atoms with Crippen LogP contribution in [0.5, 0.6) is 0 Å². The van der Waals surface area contributed by atoms with Crippen LogP contribution in [0.25, 0.3) is 0 Å². The Morgan fingerprint density at radius 3 is 2.21 bits per heavy atom. The molecule has 1 aliphatic heterocycles. The highest BCUT2D eigenvalue weighted by Gasteiger charge is 2.61. The van der Waals surface area contributed by atoms with Crippen LogP contribution in [-0.2, 0) is 25.8 Å². The van der Waals surface area contributed by atoms with Gasteiger partial charge in [0.1, 0.15) is 12.6 Å². The highest BCUT2D eigenvalue weighted by atomic mass is 32.2. The summed E-state index contributed by atoms with van der Waals surface area (Å²) in [7, 11) is -8.58. The molecule has 2 N–H and O–H groups in total. The number of fused-ring (bicyclic) bond motifs is 1. The minimum absolute atomic E-state index is 0.0377. The third kappa shape index (κ3) is 3.11. The van der Waals surface area contributed by atoms with Crippen LogP contribution in [0.3, 0.4) is 0 Å². The predicted octanol–water partition coefficient (Wildman–Crippen LogP) is 2.14. The number of unbranched alkanes of at least 4 members (excludes halogenated alkanes) is 1. The van der Waals surface area contributed by atoms with E-state index in [-0.39, 0.29) is 19.4 Å². The molecule has 0 amide bonds. The Morgan fingerprint density at radius 2 is 1.67 bits per heavy atom. The molecule has 0 saturated heterocycles. The molecule has 7 nitrogen and oxygen atoms in total. The number of quaternary nitrogens is 1. The summed E-state index contributed by atoms with van der Waals surface area (Å²) < 4.78 is 64.7. The highest BCUT2D eigenvalue weighted by Crippen LogP contribution is 2.51. The van der Waals surface area contributed by atoms with Gasteiger partial charge in [0.05, 0.1) is 5.75 Å². The standard InChI is InChI=1S/C15H23NO6S2/c1-12-15(2,3)13-8-4-5-9-14(13)16(12,24(20,21)22)10-6-7-11-23(17,18)19/h4-5,8-9,12H,6-7,10-11H2,1-3H3,(H-,17,18,19,20,21,22)/p+1. The fourth-order valence-electron chi connectivity index (χ4n) is 3.69. The van der Waals surface area contributed by atoms with E-state index in [0.29, 0.717) is 5.69 Å². The molecule has 0 aromatic heterocycles. The van der Waals surface area contributed by atoms with E-state index in [4.69, 9.17) is 4.55 Å². The zero-order valence-electron chi connectivity index (χ0n) is 14.0. The fraction of sp³-hybridized carbons (Fsp3) is 0.600. The lowest BCUT2D eigenvalue weighted by Gasteiger charge is -2.37. The Labute approximate surface area is 143 Å². The fourth-order valence-corrected chi connectivity index (χ4v) is 5.69. The molecule has 136 valence electrons. The Bertz CT molecular complexity index is 831. The molecule has 9 heteroatoms. The molecule has 2 atom stereocenters. The van der Waals surface area contributed by atoms with Crippen LogP contribution in [0.4, 0.5) is 5.69 Å². The monoisotopic (exact) mass is 378 g/mol. The first-order valence-corrected chi connectivity index (χ1v) is 10.8. The van der Waals surface area contributed by atoms with Gasteiger partial charge < -0.3 is 0 Å². The van der Waals surface area contributed by atoms with Crippen LogP contribution in [-0.4, -0.2) is 44.3 Å². The average Bonchev–Trinajstić information content (AvgIpc) is 2.61. The van der Waals surface area contributed by atoms with E-state index in [1.54, 1.807) is 19.1 Å². The van der Waals surface area contributed by atoms with Gasteiger partial charge in [0.15, 0.2) is 5.69 Å². The van der Waals surface area contributed by atoms with Crippen LogP contribution in [0.15, 0.2) is 24.3 Å². The predicted molar refractivity (Wildman–Crippen MR) is 92.8 cm³/mol. The Morgan fingerprint density at radius 1 is 1.08 bits per heavy atom. The first-order chi connectivity index (χ1) is 10.8. The molecule has 2 rings (SSSR count). The van der Waals surface area contributed by atoms with E-state index < -0.39 is 41.5 Å². The van der Waals surface area contributed by atoms with Crippen molar-refractivity contribution in [1.29, 1.82) is 0 Å². The van der Waals surface area contributed by atoms with E-state index in [0.717, 1.165) is 5.56 Å². The zero-order valence-corrected chi connectivity index (χ0v) is 15.6. The zero-order chi connectivity index (χ0) is 18.4. The Hall–Kier alpha value is -1.00. The molecular weight excluding hydrogens is 354 g/mol. The van der Waals surface area contributed by atoms with Gasteiger partial charge in [0.25, 0.3) is 10.1 Å². The summed E-state index contributed by atoms with van der Waals surface area (Å²) in [5, 5.41) is 0. The van der Waals surface area contributed by atoms with Crippen molar-refractivity contribution in [2.45, 2.75) is 45.1 Å². The van der Waals surface area contributed by atoms with Gasteiger partial charge in [0.2, 0.25) is 0 Å². The van der Waals surface area contributed by atoms with Crippen molar-refractivity contribution in [2.24, 2.45) is 0 Å². The summed E-state index contributed by atoms with van der Waals surface area (Å²) >= 11 is 0. The van der Waals surface area contributed by atoms with Gasteiger partial charge in [-0.15, -0.1) is 8.42 Å². The topological polar surface area (TPSA) is 109 Å². The summed E-state index contributed by atoms with van der Waals surface area (Å²) in [6.45, 7) is 5.67. The molecule has 0 fully saturated rings. The summed E-state index contributed by atoms with van der Waals surface area (Å²) in [4.78, 5) is 0. The van der Waals surface area contributed by atoms with Crippen LogP contribution in [0, 0.1) is 0 Å². The molecular formula is C15H24NO6S2+. The normalized spacial score (nSPS) is 26.3. The van der Waals surface area contributed by atoms with Crippen LogP contribution >= 0.6 is 0 Å². The van der Waals surface area contributed by atoms with Gasteiger partial charge in [-0.05, 0) is 33.6 Å². The van der Waals surface area contributed by atoms with Gasteiger partial charge in [-0.3, -0.25) is 4.55 Å². The summed E-state index contributed by atoms with van der Waals surface area (Å²) in [6, 6.07) is 6.65. The van der Waals surface area contributed by atoms with Crippen molar-refractivity contribution in [1.82, 2.24) is 3.89 Å². The first kappa shape index (κ1) is 19.3. The Balaban J connectivity index is 2.47. The van der Waals surface area contributed by atoms with Crippen LogP contribution in [0.1, 0.15) is 39.2 Å². The number of hydrogen-bond donors (Lipinski definition) is 2. The Kier molecular flexibility index (Phi) is 4.88. The van der Waals surface area contributed by atoms with E-state index in [9.17, 15) is 21.4 Å². The van der Waals surface area contributed by atoms with Gasteiger partial charge in [0, 0.05) is 17.0 Å². The van der Waals surface area contributed by atoms with Crippen molar-refractivity contribution < 1.29 is 25.9 Å². The van der Waals surface area contributed by atoms with Gasteiger partial charge in [-0.2, -0.15) is 12.3 Å². The molecule has 24 heavy (non-hydrogen) atoms. The summed E-state index contributed by atoms with van der Waals surface area (Å²) in [5.74, 6) is -0.433. The van der Waals surface area contributed by atoms with Crippen molar-refractivity contribution >= 4 is 26.1 Å². The third-order valence-corrected chi connectivity index (χ3v) is 7.55. The molecule has 1 heterocycles. The lowest BCUT2D eigenvalue weighted by Crippen LogP contribution is -2.60. The van der Waals surface area contributed by atoms with Crippen LogP contribution in [0.2, 0.25) is 0 Å². The molecule has 0 saturated carbocycles. The number of rotatable bonds is 6. The van der Waals surface area contributed by atoms with E-state index >= 15 is 0 Å². The van der Waals surface area contributed by atoms with E-state index in [1.807, 2.05) is 26.0 Å². The minimum Gasteiger partial charge on any atom is -0.286 e.